The lowest BCUT2D eigenvalue weighted by molar-refractivity contribution is -0.140. The smallest absolute Gasteiger partial charge is 0.305 e. The minimum Gasteiger partial charge on any atom is -0.481 e. The van der Waals surface area contributed by atoms with Crippen LogP contribution in [0.5, 0.6) is 0 Å². The number of carboxylic acids is 1. The Bertz CT molecular complexity index is 428. The van der Waals surface area contributed by atoms with Crippen LogP contribution < -0.4 is 0 Å². The first-order chi connectivity index (χ1) is 8.93. The number of aliphatic carboxylic acids is 1. The minimum absolute atomic E-state index is 0.0161. The zero-order valence-electron chi connectivity index (χ0n) is 11.7. The van der Waals surface area contributed by atoms with Gasteiger partial charge in [-0.05, 0) is 12.5 Å². The maximum atomic E-state index is 12.2. The Morgan fingerprint density at radius 1 is 1.16 bits per heavy atom. The van der Waals surface area contributed by atoms with E-state index in [0.29, 0.717) is 0 Å². The highest BCUT2D eigenvalue weighted by molar-refractivity contribution is 5.79. The molecule has 0 saturated heterocycles. The van der Waals surface area contributed by atoms with Gasteiger partial charge < -0.3 is 10.0 Å². The molecule has 0 aliphatic heterocycles. The van der Waals surface area contributed by atoms with Crippen molar-refractivity contribution in [1.29, 1.82) is 0 Å². The van der Waals surface area contributed by atoms with E-state index < -0.39 is 5.97 Å². The Kier molecular flexibility index (Phi) is 5.55. The summed E-state index contributed by atoms with van der Waals surface area (Å²) in [6.45, 7) is 5.82. The molecule has 0 bridgehead atoms. The molecule has 1 unspecified atom stereocenters. The van der Waals surface area contributed by atoms with Gasteiger partial charge in [-0.3, -0.25) is 9.59 Å². The van der Waals surface area contributed by atoms with Crippen LogP contribution in [0, 0.1) is 5.92 Å². The van der Waals surface area contributed by atoms with Crippen LogP contribution in [0.25, 0.3) is 0 Å². The second kappa shape index (κ2) is 6.92. The van der Waals surface area contributed by atoms with Crippen LogP contribution in [0.1, 0.15) is 38.8 Å². The van der Waals surface area contributed by atoms with Gasteiger partial charge in [0.15, 0.2) is 0 Å². The number of hydrogen-bond acceptors (Lipinski definition) is 2. The molecule has 1 rings (SSSR count). The molecule has 0 aliphatic carbocycles. The Morgan fingerprint density at radius 3 is 2.21 bits per heavy atom. The molecule has 0 radical (unpaired) electrons. The van der Waals surface area contributed by atoms with Gasteiger partial charge in [0.1, 0.15) is 0 Å². The fraction of sp³-hybridized carbons (Fsp3) is 0.467. The fourth-order valence-electron chi connectivity index (χ4n) is 1.95. The summed E-state index contributed by atoms with van der Waals surface area (Å²) in [6, 6.07) is 9.54. The zero-order valence-corrected chi connectivity index (χ0v) is 11.7. The van der Waals surface area contributed by atoms with Crippen LogP contribution in [0.2, 0.25) is 0 Å². The van der Waals surface area contributed by atoms with Crippen molar-refractivity contribution in [1.82, 2.24) is 4.90 Å². The Hall–Kier alpha value is -1.84. The van der Waals surface area contributed by atoms with Crippen molar-refractivity contribution in [2.75, 3.05) is 6.54 Å². The van der Waals surface area contributed by atoms with Crippen LogP contribution in [0.4, 0.5) is 0 Å². The van der Waals surface area contributed by atoms with E-state index in [4.69, 9.17) is 5.11 Å². The van der Waals surface area contributed by atoms with Crippen LogP contribution in [-0.4, -0.2) is 28.4 Å². The SMILES string of the molecule is CC(C)C(=O)N(CCC(=O)O)C(C)c1ccccc1. The highest BCUT2D eigenvalue weighted by Gasteiger charge is 2.23. The topological polar surface area (TPSA) is 57.6 Å². The maximum Gasteiger partial charge on any atom is 0.305 e. The summed E-state index contributed by atoms with van der Waals surface area (Å²) < 4.78 is 0. The molecule has 104 valence electrons. The molecule has 4 heteroatoms. The van der Waals surface area contributed by atoms with E-state index in [1.807, 2.05) is 51.1 Å². The van der Waals surface area contributed by atoms with Gasteiger partial charge in [-0.1, -0.05) is 44.2 Å². The van der Waals surface area contributed by atoms with Gasteiger partial charge >= 0.3 is 5.97 Å². The van der Waals surface area contributed by atoms with E-state index in [1.165, 1.54) is 0 Å². The first-order valence-electron chi connectivity index (χ1n) is 6.50. The summed E-state index contributed by atoms with van der Waals surface area (Å²) in [4.78, 5) is 24.6. The van der Waals surface area contributed by atoms with Gasteiger partial charge in [-0.2, -0.15) is 0 Å². The summed E-state index contributed by atoms with van der Waals surface area (Å²) in [5.74, 6) is -1.04. The lowest BCUT2D eigenvalue weighted by Gasteiger charge is -2.30. The monoisotopic (exact) mass is 263 g/mol. The van der Waals surface area contributed by atoms with Crippen molar-refractivity contribution in [3.8, 4) is 0 Å². The number of carbonyl (C=O) groups is 2. The van der Waals surface area contributed by atoms with Gasteiger partial charge in [-0.15, -0.1) is 0 Å². The molecule has 1 N–H and O–H groups in total. The van der Waals surface area contributed by atoms with Gasteiger partial charge in [0.25, 0.3) is 0 Å². The van der Waals surface area contributed by atoms with Crippen molar-refractivity contribution in [2.45, 2.75) is 33.2 Å². The number of rotatable bonds is 6. The zero-order chi connectivity index (χ0) is 14.4. The molecule has 0 aromatic heterocycles. The Balaban J connectivity index is 2.89. The van der Waals surface area contributed by atoms with E-state index in [-0.39, 0.29) is 30.8 Å². The summed E-state index contributed by atoms with van der Waals surface area (Å²) >= 11 is 0. The molecule has 1 atom stereocenters. The van der Waals surface area contributed by atoms with E-state index in [9.17, 15) is 9.59 Å². The number of amides is 1. The molecule has 0 spiro atoms. The minimum atomic E-state index is -0.887. The fourth-order valence-corrected chi connectivity index (χ4v) is 1.95. The molecular formula is C15H21NO3. The van der Waals surface area contributed by atoms with Crippen LogP contribution in [0.3, 0.4) is 0 Å². The lowest BCUT2D eigenvalue weighted by atomic mass is 10.0. The van der Waals surface area contributed by atoms with Crippen LogP contribution in [0.15, 0.2) is 30.3 Å². The van der Waals surface area contributed by atoms with Crippen LogP contribution in [-0.2, 0) is 9.59 Å². The van der Waals surface area contributed by atoms with Gasteiger partial charge in [0.05, 0.1) is 12.5 Å². The van der Waals surface area contributed by atoms with Crippen molar-refractivity contribution >= 4 is 11.9 Å². The van der Waals surface area contributed by atoms with Crippen molar-refractivity contribution < 1.29 is 14.7 Å². The predicted octanol–water partition coefficient (Wildman–Crippen LogP) is 2.71. The summed E-state index contributed by atoms with van der Waals surface area (Å²) in [7, 11) is 0. The van der Waals surface area contributed by atoms with Crippen molar-refractivity contribution in [2.24, 2.45) is 5.92 Å². The van der Waals surface area contributed by atoms with Crippen LogP contribution >= 0.6 is 0 Å². The quantitative estimate of drug-likeness (QED) is 0.858. The number of nitrogens with zero attached hydrogens (tertiary/aromatic N) is 1. The molecule has 1 aromatic carbocycles. The highest BCUT2D eigenvalue weighted by atomic mass is 16.4. The third-order valence-corrected chi connectivity index (χ3v) is 3.09. The summed E-state index contributed by atoms with van der Waals surface area (Å²) in [6.07, 6.45) is -0.0321. The third-order valence-electron chi connectivity index (χ3n) is 3.09. The first-order valence-corrected chi connectivity index (χ1v) is 6.50. The second-order valence-electron chi connectivity index (χ2n) is 4.92. The van der Waals surface area contributed by atoms with Crippen molar-refractivity contribution in [3.05, 3.63) is 35.9 Å². The van der Waals surface area contributed by atoms with Gasteiger partial charge in [-0.25, -0.2) is 0 Å². The molecule has 0 fully saturated rings. The average Bonchev–Trinajstić information content (AvgIpc) is 2.39. The number of carboxylic acid groups (broad SMARTS) is 1. The molecule has 19 heavy (non-hydrogen) atoms. The largest absolute Gasteiger partial charge is 0.481 e. The lowest BCUT2D eigenvalue weighted by Crippen LogP contribution is -2.38. The number of hydrogen-bond donors (Lipinski definition) is 1. The summed E-state index contributed by atoms with van der Waals surface area (Å²) in [5, 5.41) is 8.80. The maximum absolute atomic E-state index is 12.2. The Morgan fingerprint density at radius 2 is 1.74 bits per heavy atom. The molecule has 0 saturated carbocycles. The molecule has 1 amide bonds. The normalized spacial score (nSPS) is 12.2. The third kappa shape index (κ3) is 4.39. The average molecular weight is 263 g/mol. The molecular weight excluding hydrogens is 242 g/mol. The first kappa shape index (κ1) is 15.2. The second-order valence-corrected chi connectivity index (χ2v) is 4.92. The molecule has 4 nitrogen and oxygen atoms in total. The van der Waals surface area contributed by atoms with E-state index in [0.717, 1.165) is 5.56 Å². The van der Waals surface area contributed by atoms with Gasteiger partial charge in [0.2, 0.25) is 5.91 Å². The van der Waals surface area contributed by atoms with E-state index in [2.05, 4.69) is 0 Å². The standard InChI is InChI=1S/C15H21NO3/c1-11(2)15(19)16(10-9-14(17)18)12(3)13-7-5-4-6-8-13/h4-8,11-12H,9-10H2,1-3H3,(H,17,18). The predicted molar refractivity (Wildman–Crippen MR) is 73.7 cm³/mol. The van der Waals surface area contributed by atoms with E-state index in [1.54, 1.807) is 4.90 Å². The van der Waals surface area contributed by atoms with Crippen molar-refractivity contribution in [3.63, 3.8) is 0 Å². The molecule has 0 aliphatic rings. The van der Waals surface area contributed by atoms with E-state index >= 15 is 0 Å². The van der Waals surface area contributed by atoms with Gasteiger partial charge in [0, 0.05) is 12.5 Å². The highest BCUT2D eigenvalue weighted by Crippen LogP contribution is 2.22. The number of carbonyl (C=O) groups excluding carboxylic acids is 1. The summed E-state index contributed by atoms with van der Waals surface area (Å²) in [5.41, 5.74) is 1.02. The molecule has 1 aromatic rings. The Labute approximate surface area is 114 Å². The number of benzene rings is 1. The molecule has 0 heterocycles.